The van der Waals surface area contributed by atoms with Gasteiger partial charge >= 0.3 is 0 Å². The number of fused-ring (bicyclic) bond motifs is 1. The van der Waals surface area contributed by atoms with Gasteiger partial charge in [-0.3, -0.25) is 4.79 Å². The van der Waals surface area contributed by atoms with Crippen LogP contribution in [0, 0.1) is 0 Å². The molecule has 2 aromatic carbocycles. The van der Waals surface area contributed by atoms with Crippen molar-refractivity contribution >= 4 is 16.8 Å². The number of H-pyrrole nitrogens is 1. The smallest absolute Gasteiger partial charge is 0.231 e. The highest BCUT2D eigenvalue weighted by Gasteiger charge is 2.43. The van der Waals surface area contributed by atoms with Crippen LogP contribution in [-0.2, 0) is 11.2 Å². The number of hydrogen-bond donors (Lipinski definition) is 2. The van der Waals surface area contributed by atoms with Gasteiger partial charge in [-0.25, -0.2) is 0 Å². The Morgan fingerprint density at radius 1 is 1.04 bits per heavy atom. The molecule has 0 bridgehead atoms. The van der Waals surface area contributed by atoms with E-state index in [1.807, 2.05) is 36.5 Å². The third-order valence-electron chi connectivity index (χ3n) is 5.50. The quantitative estimate of drug-likeness (QED) is 0.709. The molecule has 0 saturated carbocycles. The second-order valence-corrected chi connectivity index (χ2v) is 6.88. The maximum absolute atomic E-state index is 13.0. The zero-order valence-electron chi connectivity index (χ0n) is 13.9. The van der Waals surface area contributed by atoms with E-state index >= 15 is 0 Å². The van der Waals surface area contributed by atoms with E-state index in [9.17, 15) is 4.79 Å². The normalized spacial score (nSPS) is 22.7. The van der Waals surface area contributed by atoms with E-state index in [0.29, 0.717) is 12.3 Å². The van der Waals surface area contributed by atoms with Crippen molar-refractivity contribution in [3.63, 3.8) is 0 Å². The van der Waals surface area contributed by atoms with Crippen LogP contribution in [0.1, 0.15) is 28.7 Å². The second kappa shape index (κ2) is 4.94. The van der Waals surface area contributed by atoms with Gasteiger partial charge in [-0.2, -0.15) is 0 Å². The van der Waals surface area contributed by atoms with Gasteiger partial charge in [-0.05, 0) is 41.8 Å². The lowest BCUT2D eigenvalue weighted by atomic mass is 9.86. The van der Waals surface area contributed by atoms with E-state index in [0.717, 1.165) is 39.9 Å². The van der Waals surface area contributed by atoms with Crippen molar-refractivity contribution < 1.29 is 19.0 Å². The molecule has 6 heteroatoms. The molecule has 3 aliphatic heterocycles. The predicted molar refractivity (Wildman–Crippen MR) is 93.7 cm³/mol. The van der Waals surface area contributed by atoms with Crippen LogP contribution in [0.5, 0.6) is 17.2 Å². The van der Waals surface area contributed by atoms with Gasteiger partial charge < -0.3 is 24.5 Å². The van der Waals surface area contributed by atoms with Crippen LogP contribution in [0.3, 0.4) is 0 Å². The van der Waals surface area contributed by atoms with Gasteiger partial charge in [0.1, 0.15) is 17.8 Å². The molecule has 1 amide bonds. The lowest BCUT2D eigenvalue weighted by molar-refractivity contribution is -0.124. The minimum Gasteiger partial charge on any atom is -0.484 e. The Morgan fingerprint density at radius 2 is 1.92 bits per heavy atom. The molecule has 0 saturated heterocycles. The molecule has 6 rings (SSSR count). The van der Waals surface area contributed by atoms with Crippen molar-refractivity contribution in [1.82, 2.24) is 10.3 Å². The fourth-order valence-corrected chi connectivity index (χ4v) is 4.32. The first-order chi connectivity index (χ1) is 12.8. The average molecular weight is 348 g/mol. The number of amides is 1. The van der Waals surface area contributed by atoms with E-state index in [-0.39, 0.29) is 24.7 Å². The summed E-state index contributed by atoms with van der Waals surface area (Å²) in [5.74, 6) is 1.82. The number of nitrogens with one attached hydrogen (secondary N) is 2. The van der Waals surface area contributed by atoms with E-state index < -0.39 is 0 Å². The number of hydrogen-bond acceptors (Lipinski definition) is 4. The van der Waals surface area contributed by atoms with E-state index in [2.05, 4.69) is 10.3 Å². The summed E-state index contributed by atoms with van der Waals surface area (Å²) >= 11 is 0. The monoisotopic (exact) mass is 348 g/mol. The summed E-state index contributed by atoms with van der Waals surface area (Å²) in [7, 11) is 0. The average Bonchev–Trinajstić information content (AvgIpc) is 3.35. The third kappa shape index (κ3) is 1.78. The van der Waals surface area contributed by atoms with Crippen LogP contribution in [0.2, 0.25) is 0 Å². The summed E-state index contributed by atoms with van der Waals surface area (Å²) in [5, 5.41) is 4.19. The maximum Gasteiger partial charge on any atom is 0.231 e. The van der Waals surface area contributed by atoms with Crippen LogP contribution < -0.4 is 19.5 Å². The molecule has 6 nitrogen and oxygen atoms in total. The van der Waals surface area contributed by atoms with Gasteiger partial charge in [0.25, 0.3) is 0 Å². The molecule has 0 radical (unpaired) electrons. The fourth-order valence-electron chi connectivity index (χ4n) is 4.32. The minimum atomic E-state index is -0.385. The van der Waals surface area contributed by atoms with Gasteiger partial charge in [-0.15, -0.1) is 0 Å². The van der Waals surface area contributed by atoms with Crippen molar-refractivity contribution in [2.45, 2.75) is 18.4 Å². The Morgan fingerprint density at radius 3 is 2.88 bits per heavy atom. The largest absolute Gasteiger partial charge is 0.484 e. The highest BCUT2D eigenvalue weighted by atomic mass is 16.7. The van der Waals surface area contributed by atoms with Gasteiger partial charge in [-0.1, -0.05) is 6.07 Å². The van der Waals surface area contributed by atoms with E-state index in [1.165, 1.54) is 5.56 Å². The summed E-state index contributed by atoms with van der Waals surface area (Å²) in [5.41, 5.74) is 4.17. The summed E-state index contributed by atoms with van der Waals surface area (Å²) in [6.07, 6.45) is 2.46. The summed E-state index contributed by atoms with van der Waals surface area (Å²) in [4.78, 5) is 16.3. The number of benzene rings is 2. The molecule has 3 aliphatic rings. The van der Waals surface area contributed by atoms with Gasteiger partial charge in [0, 0.05) is 29.2 Å². The van der Waals surface area contributed by atoms with Gasteiger partial charge in [0.2, 0.25) is 12.7 Å². The number of carbonyl (C=O) groups excluding carboxylic acids is 1. The van der Waals surface area contributed by atoms with Crippen LogP contribution in [0.4, 0.5) is 0 Å². The highest BCUT2D eigenvalue weighted by molar-refractivity contribution is 5.97. The van der Waals surface area contributed by atoms with Crippen molar-refractivity contribution in [3.8, 4) is 17.2 Å². The Kier molecular flexibility index (Phi) is 2.67. The van der Waals surface area contributed by atoms with Crippen LogP contribution in [0.15, 0.2) is 36.5 Å². The van der Waals surface area contributed by atoms with E-state index in [1.54, 1.807) is 0 Å². The molecule has 130 valence electrons. The number of ether oxygens (including phenoxy) is 3. The Bertz CT molecular complexity index is 1070. The standard InChI is InChI=1S/C20H16N2O4/c23-20-18-17-14(4-2-12-16(17)11(8-22-12)5-6-21-20)26-19(18)10-1-3-13-15(7-10)25-9-24-13/h1-4,7-8,18-19,22H,5-6,9H2,(H,21,23)/t18-,19-/m0/s1. The molecule has 2 N–H and O–H groups in total. The molecule has 0 fully saturated rings. The first kappa shape index (κ1) is 14.1. The van der Waals surface area contributed by atoms with Crippen LogP contribution >= 0.6 is 0 Å². The lowest BCUT2D eigenvalue weighted by Gasteiger charge is -2.21. The number of rotatable bonds is 1. The number of carbonyl (C=O) groups is 1. The first-order valence-electron chi connectivity index (χ1n) is 8.76. The Hall–Kier alpha value is -3.15. The molecular weight excluding hydrogens is 332 g/mol. The molecular formula is C20H16N2O4. The zero-order valence-corrected chi connectivity index (χ0v) is 13.9. The summed E-state index contributed by atoms with van der Waals surface area (Å²) in [6, 6.07) is 9.72. The van der Waals surface area contributed by atoms with Crippen molar-refractivity contribution in [2.75, 3.05) is 13.3 Å². The second-order valence-electron chi connectivity index (χ2n) is 6.88. The fraction of sp³-hybridized carbons (Fsp3) is 0.250. The molecule has 26 heavy (non-hydrogen) atoms. The molecule has 3 aromatic rings. The van der Waals surface area contributed by atoms with Gasteiger partial charge in [0.15, 0.2) is 11.5 Å². The SMILES string of the molecule is O=C1NCCc2c[nH]c3ccc4c(c23)[C@H]1[C@H](c1ccc2c(c1)OCO2)O4. The number of aromatic amines is 1. The van der Waals surface area contributed by atoms with E-state index in [4.69, 9.17) is 14.2 Å². The molecule has 0 unspecified atom stereocenters. The number of aromatic nitrogens is 1. The topological polar surface area (TPSA) is 72.6 Å². The van der Waals surface area contributed by atoms with Crippen molar-refractivity contribution in [1.29, 1.82) is 0 Å². The zero-order chi connectivity index (χ0) is 17.3. The van der Waals surface area contributed by atoms with Crippen LogP contribution in [0.25, 0.3) is 10.9 Å². The highest BCUT2D eigenvalue weighted by Crippen LogP contribution is 2.51. The summed E-state index contributed by atoms with van der Waals surface area (Å²) in [6.45, 7) is 0.849. The van der Waals surface area contributed by atoms with Crippen molar-refractivity contribution in [3.05, 3.63) is 53.2 Å². The summed E-state index contributed by atoms with van der Waals surface area (Å²) < 4.78 is 17.2. The van der Waals surface area contributed by atoms with Gasteiger partial charge in [0.05, 0.1) is 0 Å². The molecule has 0 spiro atoms. The molecule has 4 heterocycles. The molecule has 1 aromatic heterocycles. The molecule has 0 aliphatic carbocycles. The third-order valence-corrected chi connectivity index (χ3v) is 5.50. The van der Waals surface area contributed by atoms with Crippen LogP contribution in [-0.4, -0.2) is 24.2 Å². The van der Waals surface area contributed by atoms with Crippen molar-refractivity contribution in [2.24, 2.45) is 0 Å². The molecule has 2 atom stereocenters. The lowest BCUT2D eigenvalue weighted by Crippen LogP contribution is -2.34. The minimum absolute atomic E-state index is 0.00534. The Balaban J connectivity index is 1.55. The predicted octanol–water partition coefficient (Wildman–Crippen LogP) is 2.79. The maximum atomic E-state index is 13.0. The Labute approximate surface area is 149 Å². The first-order valence-corrected chi connectivity index (χ1v) is 8.76.